The van der Waals surface area contributed by atoms with E-state index in [1.807, 2.05) is 36.4 Å². The van der Waals surface area contributed by atoms with E-state index in [0.29, 0.717) is 17.5 Å². The molecule has 2 aromatic carbocycles. The summed E-state index contributed by atoms with van der Waals surface area (Å²) >= 11 is 0. The first-order chi connectivity index (χ1) is 11.1. The third-order valence-corrected chi connectivity index (χ3v) is 3.46. The van der Waals surface area contributed by atoms with Gasteiger partial charge in [0.05, 0.1) is 18.5 Å². The van der Waals surface area contributed by atoms with Gasteiger partial charge in [-0.05, 0) is 44.2 Å². The third-order valence-electron chi connectivity index (χ3n) is 3.46. The summed E-state index contributed by atoms with van der Waals surface area (Å²) in [5, 5.41) is 3.33. The Morgan fingerprint density at radius 1 is 1.13 bits per heavy atom. The number of ether oxygens (including phenoxy) is 1. The second-order valence-electron chi connectivity index (χ2n) is 5.56. The van der Waals surface area contributed by atoms with Crippen LogP contribution in [0.4, 0.5) is 11.4 Å². The number of nitrogen functional groups attached to an aromatic ring is 1. The Hall–Kier alpha value is -2.73. The summed E-state index contributed by atoms with van der Waals surface area (Å²) in [7, 11) is 1.63. The van der Waals surface area contributed by atoms with Crippen molar-refractivity contribution < 1.29 is 9.15 Å². The number of nitrogens with zero attached hydrogens (tertiary/aromatic N) is 1. The number of methoxy groups -OCH3 is 1. The molecule has 0 amide bonds. The normalized spacial score (nSPS) is 11.0. The van der Waals surface area contributed by atoms with Crippen LogP contribution in [-0.4, -0.2) is 18.1 Å². The molecule has 120 valence electrons. The van der Waals surface area contributed by atoms with Gasteiger partial charge < -0.3 is 19.9 Å². The fourth-order valence-corrected chi connectivity index (χ4v) is 2.39. The average Bonchev–Trinajstić information content (AvgIpc) is 2.97. The van der Waals surface area contributed by atoms with Crippen molar-refractivity contribution in [2.24, 2.45) is 5.84 Å². The number of nitrogens with two attached hydrogens (primary N) is 1. The Labute approximate surface area is 134 Å². The molecule has 6 heteroatoms. The Bertz CT molecular complexity index is 827. The second kappa shape index (κ2) is 6.18. The third kappa shape index (κ3) is 3.07. The number of nitrogens with one attached hydrogen (secondary N) is 2. The first-order valence-corrected chi connectivity index (χ1v) is 7.43. The quantitative estimate of drug-likeness (QED) is 0.493. The lowest BCUT2D eigenvalue weighted by Crippen LogP contribution is -2.14. The van der Waals surface area contributed by atoms with Crippen LogP contribution in [0.25, 0.3) is 22.6 Å². The van der Waals surface area contributed by atoms with Crippen molar-refractivity contribution in [3.05, 3.63) is 36.4 Å². The van der Waals surface area contributed by atoms with Gasteiger partial charge in [0, 0.05) is 17.7 Å². The molecule has 0 atom stereocenters. The highest BCUT2D eigenvalue weighted by atomic mass is 16.5. The van der Waals surface area contributed by atoms with Crippen LogP contribution < -0.4 is 21.3 Å². The highest BCUT2D eigenvalue weighted by molar-refractivity contribution is 5.80. The summed E-state index contributed by atoms with van der Waals surface area (Å²) in [6.45, 7) is 4.14. The molecule has 23 heavy (non-hydrogen) atoms. The molecule has 3 rings (SSSR count). The van der Waals surface area contributed by atoms with E-state index in [0.717, 1.165) is 28.2 Å². The first-order valence-electron chi connectivity index (χ1n) is 7.43. The molecule has 0 aliphatic rings. The van der Waals surface area contributed by atoms with Gasteiger partial charge >= 0.3 is 0 Å². The Kier molecular flexibility index (Phi) is 4.08. The molecule has 0 spiro atoms. The van der Waals surface area contributed by atoms with Crippen molar-refractivity contribution in [2.45, 2.75) is 19.9 Å². The van der Waals surface area contributed by atoms with Crippen molar-refractivity contribution in [2.75, 3.05) is 17.9 Å². The van der Waals surface area contributed by atoms with Crippen molar-refractivity contribution in [1.29, 1.82) is 0 Å². The van der Waals surface area contributed by atoms with Crippen LogP contribution >= 0.6 is 0 Å². The molecule has 6 nitrogen and oxygen atoms in total. The van der Waals surface area contributed by atoms with Gasteiger partial charge in [-0.15, -0.1) is 0 Å². The minimum Gasteiger partial charge on any atom is -0.497 e. The van der Waals surface area contributed by atoms with Crippen LogP contribution in [0.1, 0.15) is 13.8 Å². The summed E-state index contributed by atoms with van der Waals surface area (Å²) in [6, 6.07) is 11.7. The Morgan fingerprint density at radius 2 is 1.96 bits per heavy atom. The Morgan fingerprint density at radius 3 is 2.65 bits per heavy atom. The van der Waals surface area contributed by atoms with Gasteiger partial charge in [0.2, 0.25) is 5.89 Å². The van der Waals surface area contributed by atoms with Crippen molar-refractivity contribution in [3.63, 3.8) is 0 Å². The number of hydrogen-bond acceptors (Lipinski definition) is 6. The molecular formula is C17H20N4O2. The maximum Gasteiger partial charge on any atom is 0.227 e. The molecule has 0 aliphatic heterocycles. The van der Waals surface area contributed by atoms with E-state index >= 15 is 0 Å². The van der Waals surface area contributed by atoms with Crippen LogP contribution in [0.2, 0.25) is 0 Å². The molecule has 0 saturated heterocycles. The van der Waals surface area contributed by atoms with E-state index in [2.05, 4.69) is 29.6 Å². The van der Waals surface area contributed by atoms with Crippen molar-refractivity contribution in [1.82, 2.24) is 4.98 Å². The van der Waals surface area contributed by atoms with Crippen LogP contribution in [-0.2, 0) is 0 Å². The van der Waals surface area contributed by atoms with Gasteiger partial charge in [-0.1, -0.05) is 0 Å². The number of anilines is 2. The summed E-state index contributed by atoms with van der Waals surface area (Å²) < 4.78 is 11.0. The number of hydrogen-bond donors (Lipinski definition) is 3. The van der Waals surface area contributed by atoms with Crippen molar-refractivity contribution >= 4 is 22.5 Å². The number of oxazole rings is 1. The maximum absolute atomic E-state index is 5.82. The fourth-order valence-electron chi connectivity index (χ4n) is 2.39. The molecule has 0 fully saturated rings. The zero-order chi connectivity index (χ0) is 16.4. The van der Waals surface area contributed by atoms with Crippen LogP contribution in [0, 0.1) is 0 Å². The standard InChI is InChI=1S/C17H20N4O2/c1-10(2)19-13-6-4-11(8-14(13)21-18)17-20-15-9-12(22-3)5-7-16(15)23-17/h4-10,19,21H,18H2,1-3H3. The molecule has 3 aromatic rings. The van der Waals surface area contributed by atoms with Gasteiger partial charge in [0.25, 0.3) is 0 Å². The average molecular weight is 312 g/mol. The second-order valence-corrected chi connectivity index (χ2v) is 5.56. The summed E-state index contributed by atoms with van der Waals surface area (Å²) in [5.41, 5.74) is 6.75. The number of hydrazine groups is 1. The van der Waals surface area contributed by atoms with E-state index in [9.17, 15) is 0 Å². The van der Waals surface area contributed by atoms with E-state index < -0.39 is 0 Å². The highest BCUT2D eigenvalue weighted by Gasteiger charge is 2.12. The number of aromatic nitrogens is 1. The molecule has 0 aliphatic carbocycles. The van der Waals surface area contributed by atoms with Crippen LogP contribution in [0.3, 0.4) is 0 Å². The zero-order valence-electron chi connectivity index (χ0n) is 13.4. The lowest BCUT2D eigenvalue weighted by atomic mass is 10.1. The molecule has 1 aromatic heterocycles. The van der Waals surface area contributed by atoms with Crippen molar-refractivity contribution in [3.8, 4) is 17.2 Å². The Balaban J connectivity index is 2.00. The fraction of sp³-hybridized carbons (Fsp3) is 0.235. The highest BCUT2D eigenvalue weighted by Crippen LogP contribution is 2.31. The predicted octanol–water partition coefficient (Wildman–Crippen LogP) is 3.61. The van der Waals surface area contributed by atoms with Gasteiger partial charge in [0.1, 0.15) is 11.3 Å². The SMILES string of the molecule is COc1ccc2oc(-c3ccc(NC(C)C)c(NN)c3)nc2c1. The first kappa shape index (κ1) is 15.2. The van der Waals surface area contributed by atoms with Gasteiger partial charge in [-0.3, -0.25) is 5.84 Å². The molecule has 0 radical (unpaired) electrons. The minimum absolute atomic E-state index is 0.310. The van der Waals surface area contributed by atoms with Gasteiger partial charge in [-0.25, -0.2) is 4.98 Å². The summed E-state index contributed by atoms with van der Waals surface area (Å²) in [6.07, 6.45) is 0. The molecule has 0 saturated carbocycles. The zero-order valence-corrected chi connectivity index (χ0v) is 13.4. The largest absolute Gasteiger partial charge is 0.497 e. The summed E-state index contributed by atoms with van der Waals surface area (Å²) in [4.78, 5) is 4.52. The predicted molar refractivity (Wildman–Crippen MR) is 92.6 cm³/mol. The molecule has 4 N–H and O–H groups in total. The van der Waals surface area contributed by atoms with Crippen LogP contribution in [0.15, 0.2) is 40.8 Å². The smallest absolute Gasteiger partial charge is 0.227 e. The maximum atomic E-state index is 5.82. The van der Waals surface area contributed by atoms with E-state index in [1.165, 1.54) is 0 Å². The minimum atomic E-state index is 0.310. The van der Waals surface area contributed by atoms with Gasteiger partial charge in [0.15, 0.2) is 5.58 Å². The summed E-state index contributed by atoms with van der Waals surface area (Å²) in [5.74, 6) is 6.92. The molecular weight excluding hydrogens is 292 g/mol. The lowest BCUT2D eigenvalue weighted by Gasteiger charge is -2.14. The lowest BCUT2D eigenvalue weighted by molar-refractivity contribution is 0.415. The molecule has 1 heterocycles. The van der Waals surface area contributed by atoms with Crippen LogP contribution in [0.5, 0.6) is 5.75 Å². The number of fused-ring (bicyclic) bond motifs is 1. The van der Waals surface area contributed by atoms with E-state index in [1.54, 1.807) is 7.11 Å². The monoisotopic (exact) mass is 312 g/mol. The van der Waals surface area contributed by atoms with Gasteiger partial charge in [-0.2, -0.15) is 0 Å². The molecule has 0 bridgehead atoms. The topological polar surface area (TPSA) is 85.3 Å². The van der Waals surface area contributed by atoms with E-state index in [4.69, 9.17) is 15.0 Å². The number of benzene rings is 2. The van der Waals surface area contributed by atoms with E-state index in [-0.39, 0.29) is 0 Å². The molecule has 0 unspecified atom stereocenters. The number of rotatable bonds is 5.